The summed E-state index contributed by atoms with van der Waals surface area (Å²) in [7, 11) is 0. The van der Waals surface area contributed by atoms with Crippen LogP contribution in [0.25, 0.3) is 0 Å². The normalized spacial score (nSPS) is 26.8. The Hall–Kier alpha value is -2.13. The molecule has 3 fully saturated rings. The molecule has 3 aliphatic rings. The maximum absolute atomic E-state index is 14.0. The van der Waals surface area contributed by atoms with Crippen LogP contribution in [0.15, 0.2) is 12.1 Å². The fraction of sp³-hybridized carbons (Fsp3) is 0.652. The van der Waals surface area contributed by atoms with Crippen LogP contribution >= 0.6 is 0 Å². The summed E-state index contributed by atoms with van der Waals surface area (Å²) in [6, 6.07) is 1.08. The highest BCUT2D eigenvalue weighted by molar-refractivity contribution is 5.86. The molecule has 3 N–H and O–H groups in total. The number of fused-ring (bicyclic) bond motifs is 2. The van der Waals surface area contributed by atoms with Gasteiger partial charge in [0.25, 0.3) is 0 Å². The fourth-order valence-electron chi connectivity index (χ4n) is 5.47. The van der Waals surface area contributed by atoms with Crippen LogP contribution in [0.3, 0.4) is 0 Å². The quantitative estimate of drug-likeness (QED) is 0.648. The van der Waals surface area contributed by atoms with Gasteiger partial charge in [-0.05, 0) is 62.5 Å². The Morgan fingerprint density at radius 1 is 1.03 bits per heavy atom. The molecule has 9 heteroatoms. The lowest BCUT2D eigenvalue weighted by molar-refractivity contribution is -0.138. The zero-order valence-corrected chi connectivity index (χ0v) is 18.0. The molecule has 32 heavy (non-hydrogen) atoms. The van der Waals surface area contributed by atoms with E-state index in [4.69, 9.17) is 10.5 Å². The van der Waals surface area contributed by atoms with Gasteiger partial charge >= 0.3 is 0 Å². The molecule has 2 amide bonds. The summed E-state index contributed by atoms with van der Waals surface area (Å²) in [4.78, 5) is 27.1. The Bertz CT molecular complexity index is 848. The first kappa shape index (κ1) is 23.0. The van der Waals surface area contributed by atoms with Crippen molar-refractivity contribution in [2.75, 3.05) is 19.8 Å². The topological polar surface area (TPSA) is 84.7 Å². The van der Waals surface area contributed by atoms with Crippen molar-refractivity contribution in [2.45, 2.75) is 63.1 Å². The van der Waals surface area contributed by atoms with E-state index in [1.54, 1.807) is 0 Å². The second-order valence-electron chi connectivity index (χ2n) is 9.25. The van der Waals surface area contributed by atoms with Crippen LogP contribution in [0.1, 0.15) is 44.1 Å². The van der Waals surface area contributed by atoms with Gasteiger partial charge in [0, 0.05) is 43.3 Å². The van der Waals surface area contributed by atoms with Crippen LogP contribution in [0, 0.1) is 29.3 Å². The van der Waals surface area contributed by atoms with Gasteiger partial charge in [-0.15, -0.1) is 0 Å². The van der Waals surface area contributed by atoms with Crippen molar-refractivity contribution in [3.8, 4) is 0 Å². The molecule has 0 saturated carbocycles. The first-order chi connectivity index (χ1) is 15.3. The molecule has 6 nitrogen and oxygen atoms in total. The number of carbonyl (C=O) groups is 2. The third-order valence-corrected chi connectivity index (χ3v) is 7.21. The van der Waals surface area contributed by atoms with Gasteiger partial charge in [0.05, 0.1) is 6.54 Å². The van der Waals surface area contributed by atoms with Gasteiger partial charge in [-0.25, -0.2) is 13.2 Å². The smallest absolute Gasteiger partial charge is 0.242 e. The minimum Gasteiger partial charge on any atom is -0.381 e. The van der Waals surface area contributed by atoms with Crippen LogP contribution in [0.4, 0.5) is 13.2 Å². The van der Waals surface area contributed by atoms with Crippen molar-refractivity contribution < 1.29 is 27.5 Å². The van der Waals surface area contributed by atoms with Gasteiger partial charge < -0.3 is 20.7 Å². The lowest BCUT2D eigenvalue weighted by Crippen LogP contribution is -2.53. The lowest BCUT2D eigenvalue weighted by atomic mass is 9.82. The van der Waals surface area contributed by atoms with Crippen LogP contribution in [-0.2, 0) is 20.7 Å². The van der Waals surface area contributed by atoms with E-state index in [2.05, 4.69) is 5.32 Å². The van der Waals surface area contributed by atoms with Gasteiger partial charge in [0.2, 0.25) is 11.8 Å². The zero-order chi connectivity index (χ0) is 22.8. The van der Waals surface area contributed by atoms with E-state index in [1.165, 1.54) is 0 Å². The standard InChI is InChI=1S/C23H30F3N3O3/c24-18-11-20(26)19(25)9-14(18)10-21(27)15-7-16-1-2-17(8-15)29(16)22(30)12-28-23(31)13-3-5-32-6-4-13/h9,11,13,15-17,21H,1-8,10,12,27H2,(H,28,31)/t15?,16?,17?,21-/m1/s1. The molecule has 0 radical (unpaired) electrons. The molecule has 3 saturated heterocycles. The summed E-state index contributed by atoms with van der Waals surface area (Å²) in [6.45, 7) is 1.12. The predicted octanol–water partition coefficient (Wildman–Crippen LogP) is 2.29. The van der Waals surface area contributed by atoms with Crippen LogP contribution in [0.2, 0.25) is 0 Å². The third-order valence-electron chi connectivity index (χ3n) is 7.21. The maximum Gasteiger partial charge on any atom is 0.242 e. The van der Waals surface area contributed by atoms with Gasteiger partial charge in [-0.3, -0.25) is 9.59 Å². The fourth-order valence-corrected chi connectivity index (χ4v) is 5.47. The number of ether oxygens (including phenoxy) is 1. The molecule has 3 heterocycles. The number of halogens is 3. The van der Waals surface area contributed by atoms with E-state index in [1.807, 2.05) is 4.90 Å². The number of piperidine rings is 1. The molecule has 2 bridgehead atoms. The number of nitrogens with zero attached hydrogens (tertiary/aromatic N) is 1. The predicted molar refractivity (Wildman–Crippen MR) is 111 cm³/mol. The summed E-state index contributed by atoms with van der Waals surface area (Å²) in [5.41, 5.74) is 6.41. The van der Waals surface area contributed by atoms with Gasteiger partial charge in [0.1, 0.15) is 5.82 Å². The van der Waals surface area contributed by atoms with E-state index >= 15 is 0 Å². The van der Waals surface area contributed by atoms with E-state index < -0.39 is 23.5 Å². The van der Waals surface area contributed by atoms with Crippen molar-refractivity contribution >= 4 is 11.8 Å². The van der Waals surface area contributed by atoms with Gasteiger partial charge in [0.15, 0.2) is 11.6 Å². The summed E-state index contributed by atoms with van der Waals surface area (Å²) in [5.74, 6) is -3.33. The number of hydrogen-bond donors (Lipinski definition) is 2. The third kappa shape index (κ3) is 4.93. The minimum atomic E-state index is -1.21. The minimum absolute atomic E-state index is 0.0139. The molecule has 2 unspecified atom stereocenters. The van der Waals surface area contributed by atoms with Crippen molar-refractivity contribution in [1.82, 2.24) is 10.2 Å². The highest BCUT2D eigenvalue weighted by atomic mass is 19.2. The second kappa shape index (κ2) is 9.79. The monoisotopic (exact) mass is 453 g/mol. The molecular weight excluding hydrogens is 423 g/mol. The summed E-state index contributed by atoms with van der Waals surface area (Å²) in [6.07, 6.45) is 4.56. The Labute approximate surface area is 185 Å². The number of carbonyl (C=O) groups excluding carboxylic acids is 2. The van der Waals surface area contributed by atoms with Crippen LogP contribution in [0.5, 0.6) is 0 Å². The molecule has 0 spiro atoms. The van der Waals surface area contributed by atoms with Gasteiger partial charge in [-0.2, -0.15) is 0 Å². The van der Waals surface area contributed by atoms with Crippen molar-refractivity contribution in [3.63, 3.8) is 0 Å². The molecule has 176 valence electrons. The highest BCUT2D eigenvalue weighted by Gasteiger charge is 2.44. The van der Waals surface area contributed by atoms with Crippen LogP contribution < -0.4 is 11.1 Å². The van der Waals surface area contributed by atoms with E-state index in [-0.39, 0.29) is 54.3 Å². The molecule has 3 atom stereocenters. The van der Waals surface area contributed by atoms with Crippen LogP contribution in [-0.4, -0.2) is 54.6 Å². The molecule has 0 aromatic heterocycles. The number of benzene rings is 1. The van der Waals surface area contributed by atoms with E-state index in [0.29, 0.717) is 45.0 Å². The first-order valence-electron chi connectivity index (χ1n) is 11.4. The summed E-state index contributed by atoms with van der Waals surface area (Å²) < 4.78 is 46.0. The largest absolute Gasteiger partial charge is 0.381 e. The first-order valence-corrected chi connectivity index (χ1v) is 11.4. The number of nitrogens with one attached hydrogen (secondary N) is 1. The average Bonchev–Trinajstić information content (AvgIpc) is 3.05. The maximum atomic E-state index is 14.0. The summed E-state index contributed by atoms with van der Waals surface area (Å²) >= 11 is 0. The Balaban J connectivity index is 1.31. The van der Waals surface area contributed by atoms with Gasteiger partial charge in [-0.1, -0.05) is 0 Å². The second-order valence-corrected chi connectivity index (χ2v) is 9.25. The Kier molecular flexibility index (Phi) is 7.05. The molecule has 1 aromatic carbocycles. The summed E-state index contributed by atoms with van der Waals surface area (Å²) in [5, 5.41) is 2.78. The lowest BCUT2D eigenvalue weighted by Gasteiger charge is -2.41. The van der Waals surface area contributed by atoms with E-state index in [9.17, 15) is 22.8 Å². The number of amides is 2. The number of hydrogen-bond acceptors (Lipinski definition) is 4. The molecule has 1 aromatic rings. The molecule has 3 aliphatic heterocycles. The Morgan fingerprint density at radius 2 is 1.66 bits per heavy atom. The van der Waals surface area contributed by atoms with Crippen molar-refractivity contribution in [3.05, 3.63) is 35.1 Å². The molecule has 0 aliphatic carbocycles. The zero-order valence-electron chi connectivity index (χ0n) is 18.0. The van der Waals surface area contributed by atoms with Crippen molar-refractivity contribution in [1.29, 1.82) is 0 Å². The Morgan fingerprint density at radius 3 is 2.31 bits per heavy atom. The molecular formula is C23H30F3N3O3. The van der Waals surface area contributed by atoms with Crippen molar-refractivity contribution in [2.24, 2.45) is 17.6 Å². The SMILES string of the molecule is N[C@H](Cc1cc(F)c(F)cc1F)C1CC2CCC(C1)N2C(=O)CNC(=O)C1CCOCC1. The van der Waals surface area contributed by atoms with E-state index in [0.717, 1.165) is 18.9 Å². The average molecular weight is 454 g/mol. The number of nitrogens with two attached hydrogens (primary N) is 1. The number of rotatable bonds is 6. The highest BCUT2D eigenvalue weighted by Crippen LogP contribution is 2.40. The molecule has 4 rings (SSSR count).